The fourth-order valence-corrected chi connectivity index (χ4v) is 4.57. The minimum Gasteiger partial charge on any atom is -0.0616 e. The van der Waals surface area contributed by atoms with Crippen molar-refractivity contribution in [2.24, 2.45) is 0 Å². The van der Waals surface area contributed by atoms with Crippen LogP contribution in [0.2, 0.25) is 0 Å². The summed E-state index contributed by atoms with van der Waals surface area (Å²) in [5.41, 5.74) is 8.11. The number of rotatable bonds is 0. The predicted octanol–water partition coefficient (Wildman–Crippen LogP) is 5.58. The lowest BCUT2D eigenvalue weighted by molar-refractivity contribution is 1.61. The number of fused-ring (bicyclic) bond motifs is 5. The van der Waals surface area contributed by atoms with Gasteiger partial charge in [0.05, 0.1) is 0 Å². The smallest absolute Gasteiger partial charge is 0.0339 e. The van der Waals surface area contributed by atoms with E-state index >= 15 is 0 Å². The molecule has 2 aromatic carbocycles. The Balaban J connectivity index is 2.15. The van der Waals surface area contributed by atoms with Gasteiger partial charge in [0.25, 0.3) is 0 Å². The Morgan fingerprint density at radius 2 is 1.17 bits per heavy atom. The molecule has 2 aliphatic rings. The lowest BCUT2D eigenvalue weighted by Gasteiger charge is -2.03. The van der Waals surface area contributed by atoms with Crippen molar-refractivity contribution in [3.8, 4) is 0 Å². The van der Waals surface area contributed by atoms with Gasteiger partial charge in [-0.15, -0.1) is 0 Å². The Bertz CT molecular complexity index is 688. The third kappa shape index (κ3) is 1.25. The quantitative estimate of drug-likeness (QED) is 0.501. The first-order chi connectivity index (χ1) is 8.79. The summed E-state index contributed by atoms with van der Waals surface area (Å²) in [6.45, 7) is 0. The molecule has 2 aromatic rings. The SMILES string of the molecule is BrC1=C2C(=C(I)c3ccccc32)c2ccccc21. The Hall–Kier alpha value is -0.870. The molecule has 86 valence electrons. The Labute approximate surface area is 128 Å². The predicted molar refractivity (Wildman–Crippen MR) is 89.5 cm³/mol. The molecular formula is C16H8BrI. The molecule has 0 aliphatic heterocycles. The van der Waals surface area contributed by atoms with Crippen molar-refractivity contribution in [3.63, 3.8) is 0 Å². The minimum absolute atomic E-state index is 1.23. The van der Waals surface area contributed by atoms with E-state index in [2.05, 4.69) is 87.1 Å². The molecule has 0 amide bonds. The average Bonchev–Trinajstić information content (AvgIpc) is 2.87. The van der Waals surface area contributed by atoms with Gasteiger partial charge in [0.1, 0.15) is 0 Å². The number of benzene rings is 2. The van der Waals surface area contributed by atoms with Crippen LogP contribution in [0.15, 0.2) is 48.5 Å². The van der Waals surface area contributed by atoms with Crippen molar-refractivity contribution in [1.29, 1.82) is 0 Å². The average molecular weight is 407 g/mol. The summed E-state index contributed by atoms with van der Waals surface area (Å²) in [6.07, 6.45) is 0. The first-order valence-corrected chi connectivity index (χ1v) is 7.65. The molecule has 0 heterocycles. The second-order valence-corrected chi connectivity index (χ2v) is 6.34. The highest BCUT2D eigenvalue weighted by Crippen LogP contribution is 2.58. The fraction of sp³-hybridized carbons (Fsp3) is 0. The zero-order valence-corrected chi connectivity index (χ0v) is 13.1. The lowest BCUT2D eigenvalue weighted by Crippen LogP contribution is -1.82. The van der Waals surface area contributed by atoms with Gasteiger partial charge in [0, 0.05) is 19.2 Å². The van der Waals surface area contributed by atoms with E-state index in [0.29, 0.717) is 0 Å². The summed E-state index contributed by atoms with van der Waals surface area (Å²) >= 11 is 6.26. The van der Waals surface area contributed by atoms with Crippen LogP contribution in [0.1, 0.15) is 22.3 Å². The van der Waals surface area contributed by atoms with Crippen molar-refractivity contribution in [3.05, 3.63) is 70.8 Å². The third-order valence-corrected chi connectivity index (χ3v) is 5.50. The topological polar surface area (TPSA) is 0 Å². The molecule has 0 fully saturated rings. The van der Waals surface area contributed by atoms with Crippen molar-refractivity contribution in [2.45, 2.75) is 0 Å². The maximum absolute atomic E-state index is 3.78. The molecule has 2 heteroatoms. The van der Waals surface area contributed by atoms with Crippen LogP contribution in [0.3, 0.4) is 0 Å². The highest BCUT2D eigenvalue weighted by Gasteiger charge is 2.34. The minimum atomic E-state index is 1.23. The maximum Gasteiger partial charge on any atom is 0.0339 e. The molecule has 0 nitrogen and oxygen atoms in total. The highest BCUT2D eigenvalue weighted by atomic mass is 127. The van der Waals surface area contributed by atoms with Gasteiger partial charge in [-0.2, -0.15) is 0 Å². The van der Waals surface area contributed by atoms with E-state index in [9.17, 15) is 0 Å². The van der Waals surface area contributed by atoms with Gasteiger partial charge in [-0.25, -0.2) is 0 Å². The summed E-state index contributed by atoms with van der Waals surface area (Å²) in [6, 6.07) is 17.2. The summed E-state index contributed by atoms with van der Waals surface area (Å²) < 4.78 is 2.59. The van der Waals surface area contributed by atoms with Crippen LogP contribution in [0, 0.1) is 0 Å². The number of hydrogen-bond acceptors (Lipinski definition) is 0. The molecule has 0 spiro atoms. The molecular weight excluding hydrogens is 399 g/mol. The second-order valence-electron chi connectivity index (χ2n) is 4.47. The van der Waals surface area contributed by atoms with Crippen molar-refractivity contribution < 1.29 is 0 Å². The van der Waals surface area contributed by atoms with E-state index in [4.69, 9.17) is 0 Å². The van der Waals surface area contributed by atoms with Gasteiger partial charge in [-0.3, -0.25) is 0 Å². The summed E-state index contributed by atoms with van der Waals surface area (Å²) in [5.74, 6) is 0. The van der Waals surface area contributed by atoms with E-state index in [-0.39, 0.29) is 0 Å². The van der Waals surface area contributed by atoms with Crippen LogP contribution in [0.4, 0.5) is 0 Å². The molecule has 18 heavy (non-hydrogen) atoms. The molecule has 0 aromatic heterocycles. The van der Waals surface area contributed by atoms with Gasteiger partial charge in [-0.05, 0) is 60.8 Å². The van der Waals surface area contributed by atoms with Crippen LogP contribution in [-0.4, -0.2) is 0 Å². The molecule has 2 aliphatic carbocycles. The lowest BCUT2D eigenvalue weighted by atomic mass is 10.0. The first kappa shape index (κ1) is 11.0. The molecule has 0 saturated carbocycles. The molecule has 0 unspecified atom stereocenters. The summed E-state index contributed by atoms with van der Waals surface area (Å²) in [7, 11) is 0. The van der Waals surface area contributed by atoms with Crippen LogP contribution < -0.4 is 0 Å². The number of hydrogen-bond donors (Lipinski definition) is 0. The van der Waals surface area contributed by atoms with Crippen LogP contribution >= 0.6 is 38.5 Å². The van der Waals surface area contributed by atoms with Crippen molar-refractivity contribution in [1.82, 2.24) is 0 Å². The summed E-state index contributed by atoms with van der Waals surface area (Å²) in [4.78, 5) is 0. The molecule has 4 rings (SSSR count). The molecule has 0 bridgehead atoms. The Morgan fingerprint density at radius 3 is 1.83 bits per heavy atom. The first-order valence-electron chi connectivity index (χ1n) is 5.78. The number of allylic oxidation sites excluding steroid dienone is 2. The standard InChI is InChI=1S/C16H8BrI/c17-15-11-7-3-1-5-9(11)14-13(15)10-6-2-4-8-12(10)16(14)18/h1-8H. The second kappa shape index (κ2) is 3.81. The van der Waals surface area contributed by atoms with Gasteiger partial charge in [0.2, 0.25) is 0 Å². The highest BCUT2D eigenvalue weighted by molar-refractivity contribution is 14.1. The molecule has 0 radical (unpaired) electrons. The monoisotopic (exact) mass is 406 g/mol. The van der Waals surface area contributed by atoms with E-state index in [1.807, 2.05) is 0 Å². The van der Waals surface area contributed by atoms with E-state index in [1.165, 1.54) is 41.5 Å². The summed E-state index contributed by atoms with van der Waals surface area (Å²) in [5, 5.41) is 0. The van der Waals surface area contributed by atoms with Crippen molar-refractivity contribution in [2.75, 3.05) is 0 Å². The van der Waals surface area contributed by atoms with Crippen LogP contribution in [0.25, 0.3) is 19.2 Å². The maximum atomic E-state index is 3.78. The van der Waals surface area contributed by atoms with E-state index in [1.54, 1.807) is 0 Å². The Morgan fingerprint density at radius 1 is 0.667 bits per heavy atom. The van der Waals surface area contributed by atoms with Gasteiger partial charge in [-0.1, -0.05) is 48.5 Å². The largest absolute Gasteiger partial charge is 0.0616 e. The van der Waals surface area contributed by atoms with Gasteiger partial charge < -0.3 is 0 Å². The van der Waals surface area contributed by atoms with E-state index in [0.717, 1.165) is 0 Å². The zero-order chi connectivity index (χ0) is 12.3. The third-order valence-electron chi connectivity index (χ3n) is 3.55. The van der Waals surface area contributed by atoms with E-state index < -0.39 is 0 Å². The number of halogens is 2. The Kier molecular flexibility index (Phi) is 2.33. The fourth-order valence-electron chi connectivity index (χ4n) is 2.78. The van der Waals surface area contributed by atoms with Gasteiger partial charge >= 0.3 is 0 Å². The zero-order valence-electron chi connectivity index (χ0n) is 9.37. The van der Waals surface area contributed by atoms with Gasteiger partial charge in [0.15, 0.2) is 0 Å². The molecule has 0 saturated heterocycles. The van der Waals surface area contributed by atoms with Crippen molar-refractivity contribution >= 4 is 57.7 Å². The molecule has 0 atom stereocenters. The van der Waals surface area contributed by atoms with Crippen LogP contribution in [-0.2, 0) is 0 Å². The normalized spacial score (nSPS) is 15.9. The molecule has 0 N–H and O–H groups in total. The van der Waals surface area contributed by atoms with Crippen LogP contribution in [0.5, 0.6) is 0 Å².